The van der Waals surface area contributed by atoms with Gasteiger partial charge in [-0.15, -0.1) is 0 Å². The molecule has 0 unspecified atom stereocenters. The Morgan fingerprint density at radius 1 is 1.45 bits per heavy atom. The molecule has 64 valence electrons. The Balaban J connectivity index is 3.88. The Morgan fingerprint density at radius 2 is 2.00 bits per heavy atom. The fourth-order valence-electron chi connectivity index (χ4n) is 0.600. The Morgan fingerprint density at radius 3 is 2.27 bits per heavy atom. The van der Waals surface area contributed by atoms with Gasteiger partial charge >= 0.3 is 5.97 Å². The third-order valence-corrected chi connectivity index (χ3v) is 1.31. The lowest BCUT2D eigenvalue weighted by atomic mass is 10.2. The van der Waals surface area contributed by atoms with Gasteiger partial charge in [-0.25, -0.2) is 0 Å². The van der Waals surface area contributed by atoms with E-state index in [0.29, 0.717) is 0 Å². The summed E-state index contributed by atoms with van der Waals surface area (Å²) in [5.74, 6) is -1.30. The second kappa shape index (κ2) is 4.68. The SMILES string of the molecule is CNC(=O)C[C@@H](NC)C(=O)O. The second-order valence-corrected chi connectivity index (χ2v) is 2.06. The first-order valence-electron chi connectivity index (χ1n) is 3.22. The summed E-state index contributed by atoms with van der Waals surface area (Å²) in [7, 11) is 2.97. The van der Waals surface area contributed by atoms with Crippen molar-refractivity contribution in [1.82, 2.24) is 10.6 Å². The van der Waals surface area contributed by atoms with Crippen LogP contribution in [0.15, 0.2) is 0 Å². The molecule has 0 heterocycles. The topological polar surface area (TPSA) is 78.4 Å². The normalized spacial score (nSPS) is 12.2. The number of carbonyl (C=O) groups excluding carboxylic acids is 1. The highest BCUT2D eigenvalue weighted by Crippen LogP contribution is 1.90. The van der Waals surface area contributed by atoms with E-state index in [1.165, 1.54) is 14.1 Å². The molecule has 0 aromatic rings. The maximum absolute atomic E-state index is 10.7. The predicted molar refractivity (Wildman–Crippen MR) is 39.2 cm³/mol. The van der Waals surface area contributed by atoms with Gasteiger partial charge in [-0.05, 0) is 7.05 Å². The van der Waals surface area contributed by atoms with Gasteiger partial charge in [0.25, 0.3) is 0 Å². The zero-order valence-corrected chi connectivity index (χ0v) is 6.55. The van der Waals surface area contributed by atoms with Crippen LogP contribution in [0.5, 0.6) is 0 Å². The molecule has 1 atom stereocenters. The third kappa shape index (κ3) is 3.57. The maximum atomic E-state index is 10.7. The summed E-state index contributed by atoms with van der Waals surface area (Å²) in [5, 5.41) is 13.3. The number of hydrogen-bond donors (Lipinski definition) is 3. The van der Waals surface area contributed by atoms with Crippen LogP contribution in [0.3, 0.4) is 0 Å². The number of likely N-dealkylation sites (N-methyl/N-ethyl adjacent to an activating group) is 1. The van der Waals surface area contributed by atoms with Crippen LogP contribution in [0.1, 0.15) is 6.42 Å². The summed E-state index contributed by atoms with van der Waals surface area (Å²) in [4.78, 5) is 21.0. The fraction of sp³-hybridized carbons (Fsp3) is 0.667. The van der Waals surface area contributed by atoms with Gasteiger partial charge in [-0.3, -0.25) is 9.59 Å². The molecule has 0 spiro atoms. The number of carboxylic acids is 1. The number of amides is 1. The molecule has 0 saturated heterocycles. The van der Waals surface area contributed by atoms with Gasteiger partial charge in [-0.2, -0.15) is 0 Å². The first-order valence-corrected chi connectivity index (χ1v) is 3.22. The minimum atomic E-state index is -1.02. The van der Waals surface area contributed by atoms with Gasteiger partial charge in [0.1, 0.15) is 6.04 Å². The lowest BCUT2D eigenvalue weighted by Gasteiger charge is -2.08. The number of carbonyl (C=O) groups is 2. The lowest BCUT2D eigenvalue weighted by molar-refractivity contribution is -0.141. The number of carboxylic acid groups (broad SMARTS) is 1. The largest absolute Gasteiger partial charge is 0.480 e. The quantitative estimate of drug-likeness (QED) is 0.482. The molecule has 0 radical (unpaired) electrons. The molecule has 5 heteroatoms. The van der Waals surface area contributed by atoms with Crippen molar-refractivity contribution in [2.24, 2.45) is 0 Å². The van der Waals surface area contributed by atoms with Crippen molar-refractivity contribution in [3.05, 3.63) is 0 Å². The number of hydrogen-bond acceptors (Lipinski definition) is 3. The average molecular weight is 160 g/mol. The van der Waals surface area contributed by atoms with Crippen molar-refractivity contribution < 1.29 is 14.7 Å². The molecular weight excluding hydrogens is 148 g/mol. The average Bonchev–Trinajstić information content (AvgIpc) is 1.99. The standard InChI is InChI=1S/C6H12N2O3/c1-7-4(6(10)11)3-5(9)8-2/h4,7H,3H2,1-2H3,(H,8,9)(H,10,11)/t4-/m1/s1. The Bertz CT molecular complexity index is 158. The molecule has 5 nitrogen and oxygen atoms in total. The number of nitrogens with one attached hydrogen (secondary N) is 2. The summed E-state index contributed by atoms with van der Waals surface area (Å²) >= 11 is 0. The molecule has 0 saturated carbocycles. The van der Waals surface area contributed by atoms with Gasteiger partial charge in [0.2, 0.25) is 5.91 Å². The summed E-state index contributed by atoms with van der Waals surface area (Å²) in [6.07, 6.45) is -0.0394. The van der Waals surface area contributed by atoms with Gasteiger partial charge in [-0.1, -0.05) is 0 Å². The van der Waals surface area contributed by atoms with Gasteiger partial charge < -0.3 is 15.7 Å². The van der Waals surface area contributed by atoms with E-state index >= 15 is 0 Å². The van der Waals surface area contributed by atoms with Crippen molar-refractivity contribution in [3.63, 3.8) is 0 Å². The summed E-state index contributed by atoms with van der Waals surface area (Å²) in [5.41, 5.74) is 0. The molecule has 0 aliphatic carbocycles. The number of rotatable bonds is 4. The van der Waals surface area contributed by atoms with E-state index in [1.807, 2.05) is 0 Å². The molecule has 0 bridgehead atoms. The predicted octanol–water partition coefficient (Wildman–Crippen LogP) is -1.20. The minimum Gasteiger partial charge on any atom is -0.480 e. The van der Waals surface area contributed by atoms with Crippen molar-refractivity contribution in [3.8, 4) is 0 Å². The van der Waals surface area contributed by atoms with Crippen molar-refractivity contribution in [2.45, 2.75) is 12.5 Å². The van der Waals surface area contributed by atoms with Crippen LogP contribution in [-0.2, 0) is 9.59 Å². The maximum Gasteiger partial charge on any atom is 0.321 e. The highest BCUT2D eigenvalue weighted by molar-refractivity contribution is 5.84. The minimum absolute atomic E-state index is 0.0394. The molecular formula is C6H12N2O3. The Kier molecular flexibility index (Phi) is 4.21. The smallest absolute Gasteiger partial charge is 0.321 e. The van der Waals surface area contributed by atoms with E-state index in [9.17, 15) is 9.59 Å². The van der Waals surface area contributed by atoms with Crippen molar-refractivity contribution in [2.75, 3.05) is 14.1 Å². The van der Waals surface area contributed by atoms with Crippen LogP contribution < -0.4 is 10.6 Å². The van der Waals surface area contributed by atoms with E-state index in [0.717, 1.165) is 0 Å². The molecule has 0 aromatic carbocycles. The van der Waals surface area contributed by atoms with E-state index in [2.05, 4.69) is 10.6 Å². The summed E-state index contributed by atoms with van der Waals surface area (Å²) in [6.45, 7) is 0. The first-order chi connectivity index (χ1) is 5.11. The van der Waals surface area contributed by atoms with Crippen molar-refractivity contribution in [1.29, 1.82) is 0 Å². The zero-order valence-electron chi connectivity index (χ0n) is 6.55. The van der Waals surface area contributed by atoms with Crippen molar-refractivity contribution >= 4 is 11.9 Å². The third-order valence-electron chi connectivity index (χ3n) is 1.31. The highest BCUT2D eigenvalue weighted by atomic mass is 16.4. The molecule has 0 fully saturated rings. The monoisotopic (exact) mass is 160 g/mol. The molecule has 0 aliphatic rings. The fourth-order valence-corrected chi connectivity index (χ4v) is 0.600. The van der Waals surface area contributed by atoms with Gasteiger partial charge in [0.05, 0.1) is 6.42 Å². The van der Waals surface area contributed by atoms with E-state index in [-0.39, 0.29) is 12.3 Å². The molecule has 0 aliphatic heterocycles. The molecule has 1 amide bonds. The summed E-state index contributed by atoms with van der Waals surface area (Å²) < 4.78 is 0. The van der Waals surface area contributed by atoms with Gasteiger partial charge in [0.15, 0.2) is 0 Å². The van der Waals surface area contributed by atoms with Crippen LogP contribution in [0.4, 0.5) is 0 Å². The highest BCUT2D eigenvalue weighted by Gasteiger charge is 2.17. The Hall–Kier alpha value is -1.10. The summed E-state index contributed by atoms with van der Waals surface area (Å²) in [6, 6.07) is -0.796. The van der Waals surface area contributed by atoms with Crippen LogP contribution in [0, 0.1) is 0 Å². The van der Waals surface area contributed by atoms with Crippen LogP contribution in [0.25, 0.3) is 0 Å². The lowest BCUT2D eigenvalue weighted by Crippen LogP contribution is -2.38. The molecule has 11 heavy (non-hydrogen) atoms. The van der Waals surface area contributed by atoms with E-state index < -0.39 is 12.0 Å². The van der Waals surface area contributed by atoms with Crippen LogP contribution >= 0.6 is 0 Å². The van der Waals surface area contributed by atoms with Crippen LogP contribution in [0.2, 0.25) is 0 Å². The first kappa shape index (κ1) is 9.90. The Labute approximate surface area is 64.8 Å². The number of aliphatic carboxylic acids is 1. The van der Waals surface area contributed by atoms with E-state index in [4.69, 9.17) is 5.11 Å². The van der Waals surface area contributed by atoms with E-state index in [1.54, 1.807) is 0 Å². The molecule has 0 rings (SSSR count). The van der Waals surface area contributed by atoms with Gasteiger partial charge in [0, 0.05) is 7.05 Å². The molecule has 0 aromatic heterocycles. The van der Waals surface area contributed by atoms with Crippen LogP contribution in [-0.4, -0.2) is 37.1 Å². The zero-order chi connectivity index (χ0) is 8.85. The second-order valence-electron chi connectivity index (χ2n) is 2.06. The molecule has 3 N–H and O–H groups in total.